The number of hydrogen-bond acceptors (Lipinski definition) is 3. The lowest BCUT2D eigenvalue weighted by Crippen LogP contribution is -2.40. The maximum atomic E-state index is 12.6. The van der Waals surface area contributed by atoms with Crippen LogP contribution in [-0.4, -0.2) is 49.1 Å². The van der Waals surface area contributed by atoms with E-state index in [4.69, 9.17) is 4.74 Å². The molecule has 0 N–H and O–H groups in total. The normalized spacial score (nSPS) is 20.2. The second kappa shape index (κ2) is 10.7. The van der Waals surface area contributed by atoms with Gasteiger partial charge in [0, 0.05) is 19.6 Å². The number of allylic oxidation sites excluding steroid dienone is 1. The molecule has 0 radical (unpaired) electrons. The Bertz CT molecular complexity index is 666. The number of benzene rings is 1. The number of nitrogens with zero attached hydrogens (tertiary/aromatic N) is 2. The molecule has 7 heteroatoms. The standard InChI is InChI=1S/C22H31F3N2O2/c1-4-15-26(2)16-5-6-17-7-11-19(12-8-17)27(3)21(28)29-20-13-9-18(10-14-20)22(23,24)25/h5-6,9-10,13-14,17,19H,4,7-8,11-12,15-16H2,1-3H3/t17-,19-. The Morgan fingerprint density at radius 3 is 2.31 bits per heavy atom. The molecule has 1 aromatic carbocycles. The van der Waals surface area contributed by atoms with E-state index in [0.29, 0.717) is 5.92 Å². The molecule has 2 rings (SSSR count). The van der Waals surface area contributed by atoms with Gasteiger partial charge in [-0.25, -0.2) is 4.79 Å². The van der Waals surface area contributed by atoms with Crippen LogP contribution in [0, 0.1) is 5.92 Å². The van der Waals surface area contributed by atoms with Crippen LogP contribution in [0.25, 0.3) is 0 Å². The van der Waals surface area contributed by atoms with Gasteiger partial charge < -0.3 is 14.5 Å². The van der Waals surface area contributed by atoms with Crippen LogP contribution < -0.4 is 4.74 Å². The van der Waals surface area contributed by atoms with Crippen molar-refractivity contribution < 1.29 is 22.7 Å². The molecule has 0 heterocycles. The highest BCUT2D eigenvalue weighted by Crippen LogP contribution is 2.31. The highest BCUT2D eigenvalue weighted by Gasteiger charge is 2.30. The van der Waals surface area contributed by atoms with E-state index >= 15 is 0 Å². The molecule has 1 aliphatic rings. The Kier molecular flexibility index (Phi) is 8.56. The van der Waals surface area contributed by atoms with Crippen molar-refractivity contribution in [2.45, 2.75) is 51.2 Å². The molecule has 1 amide bonds. The van der Waals surface area contributed by atoms with E-state index in [1.807, 2.05) is 0 Å². The minimum atomic E-state index is -4.40. The summed E-state index contributed by atoms with van der Waals surface area (Å²) in [4.78, 5) is 16.2. The maximum absolute atomic E-state index is 12.6. The first-order valence-corrected chi connectivity index (χ1v) is 10.2. The third-order valence-electron chi connectivity index (χ3n) is 5.39. The molecule has 1 fully saturated rings. The van der Waals surface area contributed by atoms with Crippen LogP contribution in [0.2, 0.25) is 0 Å². The number of carbonyl (C=O) groups excluding carboxylic acids is 1. The van der Waals surface area contributed by atoms with Gasteiger partial charge in [0.1, 0.15) is 5.75 Å². The van der Waals surface area contributed by atoms with Crippen molar-refractivity contribution in [3.8, 4) is 5.75 Å². The first-order valence-electron chi connectivity index (χ1n) is 10.2. The van der Waals surface area contributed by atoms with Gasteiger partial charge in [0.05, 0.1) is 5.56 Å². The molecule has 0 aromatic heterocycles. The molecule has 1 saturated carbocycles. The molecule has 0 unspecified atom stereocenters. The van der Waals surface area contributed by atoms with E-state index in [-0.39, 0.29) is 11.8 Å². The molecule has 0 saturated heterocycles. The van der Waals surface area contributed by atoms with Crippen LogP contribution in [0.5, 0.6) is 5.75 Å². The smallest absolute Gasteiger partial charge is 0.410 e. The largest absolute Gasteiger partial charge is 0.416 e. The molecule has 1 aromatic rings. The monoisotopic (exact) mass is 412 g/mol. The van der Waals surface area contributed by atoms with Gasteiger partial charge in [-0.2, -0.15) is 13.2 Å². The predicted molar refractivity (Wildman–Crippen MR) is 108 cm³/mol. The first kappa shape index (κ1) is 23.3. The van der Waals surface area contributed by atoms with Crippen molar-refractivity contribution in [3.63, 3.8) is 0 Å². The van der Waals surface area contributed by atoms with Gasteiger partial charge >= 0.3 is 12.3 Å². The van der Waals surface area contributed by atoms with Crippen molar-refractivity contribution >= 4 is 6.09 Å². The molecule has 29 heavy (non-hydrogen) atoms. The average Bonchev–Trinajstić information content (AvgIpc) is 2.68. The number of amides is 1. The third-order valence-corrected chi connectivity index (χ3v) is 5.39. The van der Waals surface area contributed by atoms with Crippen molar-refractivity contribution in [1.29, 1.82) is 0 Å². The second-order valence-corrected chi connectivity index (χ2v) is 7.76. The summed E-state index contributed by atoms with van der Waals surface area (Å²) in [5.41, 5.74) is -0.766. The van der Waals surface area contributed by atoms with Gasteiger partial charge in [0.2, 0.25) is 0 Å². The molecule has 1 aliphatic carbocycles. The van der Waals surface area contributed by atoms with Crippen molar-refractivity contribution in [2.24, 2.45) is 5.92 Å². The maximum Gasteiger partial charge on any atom is 0.416 e. The minimum absolute atomic E-state index is 0.0874. The van der Waals surface area contributed by atoms with Crippen LogP contribution in [0.3, 0.4) is 0 Å². The molecule has 162 valence electrons. The summed E-state index contributed by atoms with van der Waals surface area (Å²) >= 11 is 0. The van der Waals surface area contributed by atoms with Crippen LogP contribution in [0.4, 0.5) is 18.0 Å². The SMILES string of the molecule is CCCN(C)CC=C[C@H]1CC[C@H](N(C)C(=O)Oc2ccc(C(F)(F)F)cc2)CC1. The van der Waals surface area contributed by atoms with Gasteiger partial charge in [-0.15, -0.1) is 0 Å². The van der Waals surface area contributed by atoms with E-state index in [9.17, 15) is 18.0 Å². The van der Waals surface area contributed by atoms with Gasteiger partial charge in [-0.3, -0.25) is 0 Å². The number of likely N-dealkylation sites (N-methyl/N-ethyl adjacent to an activating group) is 1. The average molecular weight is 412 g/mol. The molecule has 0 bridgehead atoms. The topological polar surface area (TPSA) is 32.8 Å². The highest BCUT2D eigenvalue weighted by molar-refractivity contribution is 5.70. The zero-order valence-electron chi connectivity index (χ0n) is 17.4. The zero-order valence-corrected chi connectivity index (χ0v) is 17.4. The summed E-state index contributed by atoms with van der Waals surface area (Å²) in [6.45, 7) is 4.20. The van der Waals surface area contributed by atoms with E-state index < -0.39 is 17.8 Å². The lowest BCUT2D eigenvalue weighted by Gasteiger charge is -2.33. The second-order valence-electron chi connectivity index (χ2n) is 7.76. The van der Waals surface area contributed by atoms with Crippen LogP contribution >= 0.6 is 0 Å². The summed E-state index contributed by atoms with van der Waals surface area (Å²) in [7, 11) is 3.80. The Hall–Kier alpha value is -2.02. The summed E-state index contributed by atoms with van der Waals surface area (Å²) in [5.74, 6) is 0.642. The molecular weight excluding hydrogens is 381 g/mol. The molecule has 0 spiro atoms. The van der Waals surface area contributed by atoms with Crippen molar-refractivity contribution in [2.75, 3.05) is 27.2 Å². The fraction of sp³-hybridized carbons (Fsp3) is 0.591. The number of alkyl halides is 3. The quantitative estimate of drug-likeness (QED) is 0.547. The number of halogens is 3. The number of rotatable bonds is 7. The molecule has 0 atom stereocenters. The number of ether oxygens (including phenoxy) is 1. The van der Waals surface area contributed by atoms with E-state index in [0.717, 1.165) is 57.3 Å². The van der Waals surface area contributed by atoms with Gasteiger partial charge in [0.25, 0.3) is 0 Å². The Balaban J connectivity index is 1.79. The minimum Gasteiger partial charge on any atom is -0.410 e. The Morgan fingerprint density at radius 1 is 1.14 bits per heavy atom. The summed E-state index contributed by atoms with van der Waals surface area (Å²) < 4.78 is 43.1. The molecule has 4 nitrogen and oxygen atoms in total. The third kappa shape index (κ3) is 7.38. The van der Waals surface area contributed by atoms with E-state index in [2.05, 4.69) is 31.0 Å². The van der Waals surface area contributed by atoms with Crippen molar-refractivity contribution in [1.82, 2.24) is 9.80 Å². The van der Waals surface area contributed by atoms with E-state index in [1.165, 1.54) is 12.1 Å². The lowest BCUT2D eigenvalue weighted by atomic mass is 9.85. The predicted octanol–water partition coefficient (Wildman–Crippen LogP) is 5.59. The summed E-state index contributed by atoms with van der Waals surface area (Å²) in [5, 5.41) is 0. The summed E-state index contributed by atoms with van der Waals surface area (Å²) in [6.07, 6.45) is 4.50. The van der Waals surface area contributed by atoms with Gasteiger partial charge in [-0.1, -0.05) is 19.1 Å². The number of carbonyl (C=O) groups is 1. The summed E-state index contributed by atoms with van der Waals surface area (Å²) in [6, 6.07) is 4.26. The first-order chi connectivity index (χ1) is 13.7. The van der Waals surface area contributed by atoms with Gasteiger partial charge in [0.15, 0.2) is 0 Å². The van der Waals surface area contributed by atoms with Crippen molar-refractivity contribution in [3.05, 3.63) is 42.0 Å². The molecule has 0 aliphatic heterocycles. The fourth-order valence-corrected chi connectivity index (χ4v) is 3.62. The lowest BCUT2D eigenvalue weighted by molar-refractivity contribution is -0.137. The Morgan fingerprint density at radius 2 is 1.76 bits per heavy atom. The van der Waals surface area contributed by atoms with Crippen LogP contribution in [-0.2, 0) is 6.18 Å². The van der Waals surface area contributed by atoms with Gasteiger partial charge in [-0.05, 0) is 75.9 Å². The number of hydrogen-bond donors (Lipinski definition) is 0. The van der Waals surface area contributed by atoms with Crippen LogP contribution in [0.1, 0.15) is 44.6 Å². The molecular formula is C22H31F3N2O2. The van der Waals surface area contributed by atoms with Crippen LogP contribution in [0.15, 0.2) is 36.4 Å². The highest BCUT2D eigenvalue weighted by atomic mass is 19.4. The Labute approximate surface area is 171 Å². The van der Waals surface area contributed by atoms with E-state index in [1.54, 1.807) is 11.9 Å². The zero-order chi connectivity index (χ0) is 21.4. The fourth-order valence-electron chi connectivity index (χ4n) is 3.62.